The molecule has 0 saturated heterocycles. The van der Waals surface area contributed by atoms with E-state index in [1.807, 2.05) is 4.90 Å². The number of carbonyl (C=O) groups is 6. The molecule has 0 aliphatic carbocycles. The molecule has 6 amide bonds. The Labute approximate surface area is 422 Å². The lowest BCUT2D eigenvalue weighted by molar-refractivity contribution is -0.127. The van der Waals surface area contributed by atoms with Crippen LogP contribution in [0.3, 0.4) is 0 Å². The maximum atomic E-state index is 12.5. The zero-order valence-electron chi connectivity index (χ0n) is 42.2. The van der Waals surface area contributed by atoms with E-state index in [1.54, 1.807) is 0 Å². The summed E-state index contributed by atoms with van der Waals surface area (Å²) in [5, 5.41) is 14.2. The Hall–Kier alpha value is -3.60. The number of hydrogen-bond donors (Lipinski definition) is 9. The van der Waals surface area contributed by atoms with Crippen LogP contribution < -0.4 is 37.6 Å². The van der Waals surface area contributed by atoms with E-state index < -0.39 is 22.6 Å². The average Bonchev–Trinajstić information content (AvgIpc) is 3.32. The fraction of sp³-hybridized carbons (Fsp3) is 0.731. The van der Waals surface area contributed by atoms with E-state index in [9.17, 15) is 28.8 Å². The van der Waals surface area contributed by atoms with Gasteiger partial charge in [0.05, 0.1) is 0 Å². The monoisotopic (exact) mass is 991 g/mol. The highest BCUT2D eigenvalue weighted by Crippen LogP contribution is 2.10. The highest BCUT2D eigenvalue weighted by Gasteiger charge is 2.17. The van der Waals surface area contributed by atoms with E-state index in [-0.39, 0.29) is 62.6 Å². The van der Waals surface area contributed by atoms with Crippen molar-refractivity contribution in [2.45, 2.75) is 192 Å². The number of allylic oxidation sites excluding steroid dienone is 8. The average molecular weight is 992 g/mol. The van der Waals surface area contributed by atoms with Crippen molar-refractivity contribution in [1.29, 1.82) is 0 Å². The number of thiol groups is 2. The van der Waals surface area contributed by atoms with Crippen molar-refractivity contribution < 1.29 is 28.8 Å². The first kappa shape index (κ1) is 64.4. The standard InChI is InChI=1S/C52H94N8O6S2/c1-3-5-7-9-11-13-15-17-19-21-23-25-27-29-31-33-47(63)58-51(67)49(65)56-40-38-54-45(61)35-42-60(44-37-53)43-36-46(62)55-39-41-57-50(66)52(68)59-48(64)34-32-30-28-26-24-22-20-18-16-14-12-10-8-6-4-2/h11-14,17-20,51-52,67-68H,3-10,15-16,21-44,53H2,1-2H3,(H,54,61)(H,55,62)(H,56,65)(H,57,66)(H,58,63)(H,59,64)/b13-11-,14-12-,19-17-,20-18-. The molecule has 0 aromatic heterocycles. The van der Waals surface area contributed by atoms with E-state index in [4.69, 9.17) is 5.73 Å². The molecule has 0 aliphatic rings. The molecule has 0 fully saturated rings. The zero-order valence-corrected chi connectivity index (χ0v) is 44.0. The van der Waals surface area contributed by atoms with Crippen molar-refractivity contribution in [3.05, 3.63) is 48.6 Å². The summed E-state index contributed by atoms with van der Waals surface area (Å²) in [5.41, 5.74) is 5.76. The van der Waals surface area contributed by atoms with Crippen molar-refractivity contribution in [3.63, 3.8) is 0 Å². The van der Waals surface area contributed by atoms with Crippen molar-refractivity contribution >= 4 is 60.7 Å². The molecule has 0 heterocycles. The molecule has 68 heavy (non-hydrogen) atoms. The lowest BCUT2D eigenvalue weighted by Gasteiger charge is -2.21. The molecule has 2 atom stereocenters. The summed E-state index contributed by atoms with van der Waals surface area (Å²) in [6, 6.07) is 0. The molecule has 0 spiro atoms. The first-order chi connectivity index (χ1) is 33.0. The topological polar surface area (TPSA) is 204 Å². The Bertz CT molecular complexity index is 1340. The second kappa shape index (κ2) is 48.4. The van der Waals surface area contributed by atoms with Gasteiger partial charge in [-0.2, -0.15) is 0 Å². The highest BCUT2D eigenvalue weighted by atomic mass is 32.1. The summed E-state index contributed by atoms with van der Waals surface area (Å²) < 4.78 is 0. The second-order valence-corrected chi connectivity index (χ2v) is 18.3. The number of unbranched alkanes of at least 4 members (excludes halogenated alkanes) is 16. The second-order valence-electron chi connectivity index (χ2n) is 17.3. The van der Waals surface area contributed by atoms with Crippen LogP contribution in [0.5, 0.6) is 0 Å². The van der Waals surface area contributed by atoms with Crippen LogP contribution in [-0.2, 0) is 28.8 Å². The van der Waals surface area contributed by atoms with Gasteiger partial charge in [-0.3, -0.25) is 28.8 Å². The van der Waals surface area contributed by atoms with Gasteiger partial charge in [0, 0.05) is 78.0 Å². The maximum Gasteiger partial charge on any atom is 0.252 e. The van der Waals surface area contributed by atoms with Gasteiger partial charge in [0.25, 0.3) is 11.8 Å². The van der Waals surface area contributed by atoms with Crippen molar-refractivity contribution in [3.8, 4) is 0 Å². The minimum Gasteiger partial charge on any atom is -0.354 e. The van der Waals surface area contributed by atoms with Crippen LogP contribution in [0.15, 0.2) is 48.6 Å². The van der Waals surface area contributed by atoms with Gasteiger partial charge >= 0.3 is 0 Å². The van der Waals surface area contributed by atoms with E-state index in [0.717, 1.165) is 89.9 Å². The third-order valence-corrected chi connectivity index (χ3v) is 11.8. The molecule has 0 bridgehead atoms. The molecule has 14 nitrogen and oxygen atoms in total. The molecule has 0 radical (unpaired) electrons. The summed E-state index contributed by atoms with van der Waals surface area (Å²) >= 11 is 8.45. The largest absolute Gasteiger partial charge is 0.354 e. The number of nitrogens with two attached hydrogens (primary N) is 1. The lowest BCUT2D eigenvalue weighted by atomic mass is 10.1. The van der Waals surface area contributed by atoms with Crippen LogP contribution in [0.25, 0.3) is 0 Å². The first-order valence-corrected chi connectivity index (χ1v) is 27.1. The highest BCUT2D eigenvalue weighted by molar-refractivity contribution is 7.82. The fourth-order valence-corrected chi connectivity index (χ4v) is 7.43. The molecule has 16 heteroatoms. The van der Waals surface area contributed by atoms with Crippen LogP contribution in [0.2, 0.25) is 0 Å². The van der Waals surface area contributed by atoms with Crippen LogP contribution in [0.1, 0.15) is 181 Å². The third-order valence-electron chi connectivity index (χ3n) is 11.0. The number of rotatable bonds is 46. The molecular weight excluding hydrogens is 897 g/mol. The Morgan fingerprint density at radius 1 is 0.426 bits per heavy atom. The van der Waals surface area contributed by atoms with Crippen LogP contribution in [-0.4, -0.2) is 103 Å². The van der Waals surface area contributed by atoms with E-state index in [2.05, 4.69) is 120 Å². The van der Waals surface area contributed by atoms with Gasteiger partial charge < -0.3 is 42.5 Å². The van der Waals surface area contributed by atoms with Crippen LogP contribution in [0.4, 0.5) is 0 Å². The molecule has 0 aromatic carbocycles. The molecule has 2 unspecified atom stereocenters. The molecule has 0 aliphatic heterocycles. The quantitative estimate of drug-likeness (QED) is 0.0127. The Kier molecular flexibility index (Phi) is 45.9. The van der Waals surface area contributed by atoms with E-state index >= 15 is 0 Å². The number of hydrogen-bond acceptors (Lipinski definition) is 10. The summed E-state index contributed by atoms with van der Waals surface area (Å²) in [4.78, 5) is 76.3. The van der Waals surface area contributed by atoms with Crippen LogP contribution >= 0.6 is 25.3 Å². The van der Waals surface area contributed by atoms with Gasteiger partial charge in [-0.15, -0.1) is 25.3 Å². The molecular formula is C52H94N8O6S2. The minimum atomic E-state index is -0.979. The van der Waals surface area contributed by atoms with Crippen molar-refractivity contribution in [2.24, 2.45) is 5.73 Å². The minimum absolute atomic E-state index is 0.176. The summed E-state index contributed by atoms with van der Waals surface area (Å²) in [6.07, 6.45) is 43.3. The van der Waals surface area contributed by atoms with E-state index in [0.29, 0.717) is 39.0 Å². The van der Waals surface area contributed by atoms with Crippen LogP contribution in [0, 0.1) is 0 Å². The van der Waals surface area contributed by atoms with Crippen molar-refractivity contribution in [2.75, 3.05) is 52.4 Å². The van der Waals surface area contributed by atoms with Gasteiger partial charge in [-0.25, -0.2) is 0 Å². The molecule has 8 N–H and O–H groups in total. The molecule has 390 valence electrons. The number of nitrogens with one attached hydrogen (secondary N) is 6. The first-order valence-electron chi connectivity index (χ1n) is 26.1. The summed E-state index contributed by atoms with van der Waals surface area (Å²) in [5.74, 6) is -1.75. The predicted octanol–water partition coefficient (Wildman–Crippen LogP) is 7.86. The molecule has 0 saturated carbocycles. The fourth-order valence-electron chi connectivity index (χ4n) is 6.96. The third kappa shape index (κ3) is 43.7. The number of amides is 6. The normalized spacial score (nSPS) is 12.6. The van der Waals surface area contributed by atoms with E-state index in [1.165, 1.54) is 51.4 Å². The smallest absolute Gasteiger partial charge is 0.252 e. The molecule has 0 aromatic rings. The summed E-state index contributed by atoms with van der Waals surface area (Å²) in [6.45, 7) is 6.85. The zero-order chi connectivity index (χ0) is 50.1. The Morgan fingerprint density at radius 3 is 1.13 bits per heavy atom. The van der Waals surface area contributed by atoms with Gasteiger partial charge in [0.1, 0.15) is 0 Å². The maximum absolute atomic E-state index is 12.5. The Balaban J connectivity index is 4.00. The lowest BCUT2D eigenvalue weighted by Crippen LogP contribution is -2.45. The number of nitrogens with zero attached hydrogens (tertiary/aromatic N) is 1. The van der Waals surface area contributed by atoms with Gasteiger partial charge in [0.2, 0.25) is 23.6 Å². The van der Waals surface area contributed by atoms with Gasteiger partial charge in [0.15, 0.2) is 10.7 Å². The van der Waals surface area contributed by atoms with Crippen molar-refractivity contribution in [1.82, 2.24) is 36.8 Å². The predicted molar refractivity (Wildman–Crippen MR) is 287 cm³/mol. The number of carbonyl (C=O) groups excluding carboxylic acids is 6. The Morgan fingerprint density at radius 2 is 0.765 bits per heavy atom. The molecule has 0 rings (SSSR count). The van der Waals surface area contributed by atoms with Gasteiger partial charge in [-0.1, -0.05) is 127 Å². The van der Waals surface area contributed by atoms with Gasteiger partial charge in [-0.05, 0) is 77.0 Å². The SMILES string of the molecule is CCCCC/C=C\C/C=C\CCCCCCCC(=O)NC(S)C(=O)NCCNC(=O)CCN(CCN)CCC(=O)NCCNC(=O)C(S)NC(=O)CCCCCCC/C=C\C/C=C\CCCCC. The summed E-state index contributed by atoms with van der Waals surface area (Å²) in [7, 11) is 0.